The Kier molecular flexibility index (Phi) is 4.54. The van der Waals surface area contributed by atoms with Crippen LogP contribution in [0, 0.1) is 11.8 Å². The highest BCUT2D eigenvalue weighted by Crippen LogP contribution is 2.25. The second kappa shape index (κ2) is 5.52. The normalized spacial score (nSPS) is 14.1. The summed E-state index contributed by atoms with van der Waals surface area (Å²) in [7, 11) is 0. The minimum Gasteiger partial charge on any atom is -0.481 e. The summed E-state index contributed by atoms with van der Waals surface area (Å²) in [6, 6.07) is 4.53. The van der Waals surface area contributed by atoms with E-state index >= 15 is 0 Å². The van der Waals surface area contributed by atoms with Crippen LogP contribution in [0.25, 0.3) is 0 Å². The Balaban J connectivity index is 3.00. The number of carboxylic acids is 1. The Morgan fingerprint density at radius 2 is 1.76 bits per heavy atom. The summed E-state index contributed by atoms with van der Waals surface area (Å²) in [6.07, 6.45) is 0. The van der Waals surface area contributed by atoms with E-state index in [1.54, 1.807) is 13.0 Å². The van der Waals surface area contributed by atoms with Crippen molar-refractivity contribution in [2.75, 3.05) is 0 Å². The van der Waals surface area contributed by atoms with Crippen molar-refractivity contribution in [2.45, 2.75) is 13.8 Å². The number of carboxylic acid groups (broad SMARTS) is 1. The number of ketones is 1. The molecule has 0 aliphatic heterocycles. The first kappa shape index (κ1) is 14.0. The van der Waals surface area contributed by atoms with Crippen molar-refractivity contribution in [3.8, 4) is 0 Å². The first-order chi connectivity index (χ1) is 7.84. The van der Waals surface area contributed by atoms with Crippen LogP contribution in [0.5, 0.6) is 0 Å². The van der Waals surface area contributed by atoms with Crippen molar-refractivity contribution in [1.29, 1.82) is 0 Å². The van der Waals surface area contributed by atoms with Gasteiger partial charge in [-0.1, -0.05) is 37.0 Å². The van der Waals surface area contributed by atoms with Crippen LogP contribution in [-0.2, 0) is 4.79 Å². The van der Waals surface area contributed by atoms with Gasteiger partial charge in [0.1, 0.15) is 0 Å². The van der Waals surface area contributed by atoms with Crippen molar-refractivity contribution in [1.82, 2.24) is 0 Å². The first-order valence-corrected chi connectivity index (χ1v) is 5.82. The predicted octanol–water partition coefficient (Wildman–Crippen LogP) is 3.53. The van der Waals surface area contributed by atoms with Crippen molar-refractivity contribution >= 4 is 35.0 Å². The zero-order valence-corrected chi connectivity index (χ0v) is 10.9. The number of rotatable bonds is 4. The third-order valence-corrected chi connectivity index (χ3v) is 3.30. The summed E-state index contributed by atoms with van der Waals surface area (Å²) >= 11 is 11.6. The molecule has 17 heavy (non-hydrogen) atoms. The average Bonchev–Trinajstić information content (AvgIpc) is 2.26. The van der Waals surface area contributed by atoms with Crippen molar-refractivity contribution in [3.63, 3.8) is 0 Å². The van der Waals surface area contributed by atoms with Crippen LogP contribution < -0.4 is 0 Å². The predicted molar refractivity (Wildman–Crippen MR) is 66.8 cm³/mol. The molecule has 0 heterocycles. The van der Waals surface area contributed by atoms with E-state index in [1.807, 2.05) is 0 Å². The summed E-state index contributed by atoms with van der Waals surface area (Å²) in [4.78, 5) is 22.8. The lowest BCUT2D eigenvalue weighted by Crippen LogP contribution is -2.25. The SMILES string of the molecule is CC(C(=O)O)C(C)C(=O)c1ccc(Cl)cc1Cl. The molecule has 1 aromatic carbocycles. The highest BCUT2D eigenvalue weighted by Gasteiger charge is 2.27. The van der Waals surface area contributed by atoms with Gasteiger partial charge in [-0.15, -0.1) is 0 Å². The number of halogens is 2. The van der Waals surface area contributed by atoms with Gasteiger partial charge in [-0.25, -0.2) is 0 Å². The average molecular weight is 275 g/mol. The molecule has 0 bridgehead atoms. The summed E-state index contributed by atoms with van der Waals surface area (Å²) in [5, 5.41) is 9.53. The fourth-order valence-electron chi connectivity index (χ4n) is 1.38. The van der Waals surface area contributed by atoms with Crippen LogP contribution in [0.1, 0.15) is 24.2 Å². The Hall–Kier alpha value is -1.06. The number of carbonyl (C=O) groups is 2. The monoisotopic (exact) mass is 274 g/mol. The molecule has 0 fully saturated rings. The Bertz CT molecular complexity index is 457. The molecule has 0 spiro atoms. The number of hydrogen-bond donors (Lipinski definition) is 1. The van der Waals surface area contributed by atoms with E-state index in [2.05, 4.69) is 0 Å². The fraction of sp³-hybridized carbons (Fsp3) is 0.333. The second-order valence-corrected chi connectivity index (χ2v) is 4.75. The number of hydrogen-bond acceptors (Lipinski definition) is 2. The van der Waals surface area contributed by atoms with Crippen LogP contribution in [-0.4, -0.2) is 16.9 Å². The molecular weight excluding hydrogens is 263 g/mol. The number of Topliss-reactive ketones (excluding diaryl/α,β-unsaturated/α-hetero) is 1. The minimum absolute atomic E-state index is 0.243. The zero-order valence-electron chi connectivity index (χ0n) is 9.41. The van der Waals surface area contributed by atoms with E-state index in [0.29, 0.717) is 10.6 Å². The van der Waals surface area contributed by atoms with Gasteiger partial charge < -0.3 is 5.11 Å². The largest absolute Gasteiger partial charge is 0.481 e. The zero-order chi connectivity index (χ0) is 13.2. The molecule has 3 nitrogen and oxygen atoms in total. The standard InChI is InChI=1S/C12H12Cl2O3/c1-6(7(2)12(16)17)11(15)9-4-3-8(13)5-10(9)14/h3-7H,1-2H3,(H,16,17). The van der Waals surface area contributed by atoms with Gasteiger partial charge in [-0.2, -0.15) is 0 Å². The highest BCUT2D eigenvalue weighted by atomic mass is 35.5. The van der Waals surface area contributed by atoms with Gasteiger partial charge in [-0.3, -0.25) is 9.59 Å². The van der Waals surface area contributed by atoms with Crippen LogP contribution in [0.3, 0.4) is 0 Å². The molecule has 0 radical (unpaired) electrons. The number of benzene rings is 1. The molecule has 0 saturated heterocycles. The van der Waals surface area contributed by atoms with E-state index in [4.69, 9.17) is 28.3 Å². The topological polar surface area (TPSA) is 54.4 Å². The van der Waals surface area contributed by atoms with Crippen molar-refractivity contribution < 1.29 is 14.7 Å². The molecule has 2 atom stereocenters. The Labute approximate surface area is 109 Å². The van der Waals surface area contributed by atoms with Crippen LogP contribution in [0.15, 0.2) is 18.2 Å². The molecule has 92 valence electrons. The molecule has 5 heteroatoms. The van der Waals surface area contributed by atoms with E-state index in [0.717, 1.165) is 0 Å². The van der Waals surface area contributed by atoms with E-state index in [-0.39, 0.29) is 10.8 Å². The summed E-state index contributed by atoms with van der Waals surface area (Å²) in [5.74, 6) is -2.68. The summed E-state index contributed by atoms with van der Waals surface area (Å²) in [5.41, 5.74) is 0.302. The molecule has 0 amide bonds. The molecule has 1 rings (SSSR count). The first-order valence-electron chi connectivity index (χ1n) is 5.06. The maximum atomic E-state index is 12.0. The lowest BCUT2D eigenvalue weighted by molar-refractivity contribution is -0.142. The fourth-order valence-corrected chi connectivity index (χ4v) is 1.88. The van der Waals surface area contributed by atoms with Crippen molar-refractivity contribution in [3.05, 3.63) is 33.8 Å². The van der Waals surface area contributed by atoms with E-state index in [1.165, 1.54) is 19.1 Å². The van der Waals surface area contributed by atoms with Gasteiger partial charge in [0.2, 0.25) is 0 Å². The molecule has 2 unspecified atom stereocenters. The Morgan fingerprint density at radius 3 is 2.24 bits per heavy atom. The van der Waals surface area contributed by atoms with Gasteiger partial charge in [-0.05, 0) is 18.2 Å². The smallest absolute Gasteiger partial charge is 0.306 e. The van der Waals surface area contributed by atoms with Crippen LogP contribution in [0.4, 0.5) is 0 Å². The van der Waals surface area contributed by atoms with Gasteiger partial charge in [0.15, 0.2) is 5.78 Å². The molecule has 0 saturated carbocycles. The molecule has 0 aliphatic carbocycles. The highest BCUT2D eigenvalue weighted by molar-refractivity contribution is 6.36. The molecule has 1 N–H and O–H groups in total. The van der Waals surface area contributed by atoms with Crippen molar-refractivity contribution in [2.24, 2.45) is 11.8 Å². The minimum atomic E-state index is -1.00. The van der Waals surface area contributed by atoms with Crippen LogP contribution in [0.2, 0.25) is 10.0 Å². The van der Waals surface area contributed by atoms with E-state index in [9.17, 15) is 9.59 Å². The number of carbonyl (C=O) groups excluding carboxylic acids is 1. The Morgan fingerprint density at radius 1 is 1.18 bits per heavy atom. The quantitative estimate of drug-likeness (QED) is 0.855. The molecule has 1 aromatic rings. The number of aliphatic carboxylic acids is 1. The van der Waals surface area contributed by atoms with Gasteiger partial charge in [0.25, 0.3) is 0 Å². The van der Waals surface area contributed by atoms with Gasteiger partial charge in [0, 0.05) is 16.5 Å². The maximum Gasteiger partial charge on any atom is 0.306 e. The van der Waals surface area contributed by atoms with Crippen LogP contribution >= 0.6 is 23.2 Å². The molecular formula is C12H12Cl2O3. The summed E-state index contributed by atoms with van der Waals surface area (Å²) < 4.78 is 0. The molecule has 0 aromatic heterocycles. The van der Waals surface area contributed by atoms with E-state index < -0.39 is 17.8 Å². The van der Waals surface area contributed by atoms with Gasteiger partial charge in [0.05, 0.1) is 10.9 Å². The lowest BCUT2D eigenvalue weighted by Gasteiger charge is -2.15. The third kappa shape index (κ3) is 3.20. The lowest BCUT2D eigenvalue weighted by atomic mass is 9.88. The second-order valence-electron chi connectivity index (χ2n) is 3.90. The third-order valence-electron chi connectivity index (χ3n) is 2.75. The van der Waals surface area contributed by atoms with Gasteiger partial charge >= 0.3 is 5.97 Å². The maximum absolute atomic E-state index is 12.0. The molecule has 0 aliphatic rings. The summed E-state index contributed by atoms with van der Waals surface area (Å²) in [6.45, 7) is 3.07.